The van der Waals surface area contributed by atoms with Crippen LogP contribution >= 0.6 is 11.3 Å². The summed E-state index contributed by atoms with van der Waals surface area (Å²) < 4.78 is 12.1. The van der Waals surface area contributed by atoms with Crippen molar-refractivity contribution >= 4 is 33.7 Å². The molecule has 1 aromatic heterocycles. The zero-order chi connectivity index (χ0) is 13.4. The van der Waals surface area contributed by atoms with E-state index in [9.17, 15) is 0 Å². The summed E-state index contributed by atoms with van der Waals surface area (Å²) in [5.74, 6) is 1.61. The number of thiazole rings is 1. The normalized spacial score (nSPS) is 13.4. The molecule has 98 valence electrons. The lowest BCUT2D eigenvalue weighted by Gasteiger charge is -1.99. The van der Waals surface area contributed by atoms with Crippen LogP contribution in [0.5, 0.6) is 11.5 Å². The lowest BCUT2D eigenvalue weighted by molar-refractivity contribution is 0.174. The third-order valence-corrected chi connectivity index (χ3v) is 4.14. The predicted octanol–water partition coefficient (Wildman–Crippen LogP) is 4.20. The van der Waals surface area contributed by atoms with Crippen molar-refractivity contribution in [3.05, 3.63) is 53.0 Å². The fourth-order valence-corrected chi connectivity index (χ4v) is 3.08. The van der Waals surface area contributed by atoms with E-state index in [1.54, 1.807) is 11.3 Å². The summed E-state index contributed by atoms with van der Waals surface area (Å²) in [4.78, 5) is 4.58. The topological polar surface area (TPSA) is 31.4 Å². The van der Waals surface area contributed by atoms with Crippen LogP contribution in [-0.2, 0) is 0 Å². The van der Waals surface area contributed by atoms with Crippen LogP contribution in [0.3, 0.4) is 0 Å². The van der Waals surface area contributed by atoms with Crippen LogP contribution in [0.1, 0.15) is 10.6 Å². The monoisotopic (exact) mass is 281 g/mol. The highest BCUT2D eigenvalue weighted by Gasteiger charge is 2.15. The Hall–Kier alpha value is -2.33. The average molecular weight is 281 g/mol. The zero-order valence-corrected chi connectivity index (χ0v) is 11.4. The lowest BCUT2D eigenvalue weighted by Crippen LogP contribution is -1.93. The third-order valence-electron chi connectivity index (χ3n) is 3.14. The molecule has 0 radical (unpaired) electrons. The van der Waals surface area contributed by atoms with Gasteiger partial charge in [-0.05, 0) is 30.4 Å². The van der Waals surface area contributed by atoms with Gasteiger partial charge in [0.05, 0.1) is 10.2 Å². The van der Waals surface area contributed by atoms with Crippen LogP contribution in [0, 0.1) is 0 Å². The standard InChI is InChI=1S/C16H11NO2S/c1-2-7-14-12(5-1)17-15(20-14)9-8-11-4-3-6-13-16(11)19-10-18-13/h1-9H,10H2/b9-8+. The fourth-order valence-electron chi connectivity index (χ4n) is 2.21. The Morgan fingerprint density at radius 2 is 1.95 bits per heavy atom. The summed E-state index contributed by atoms with van der Waals surface area (Å²) in [6, 6.07) is 14.0. The average Bonchev–Trinajstić information content (AvgIpc) is 3.11. The minimum atomic E-state index is 0.293. The Morgan fingerprint density at radius 3 is 2.90 bits per heavy atom. The number of nitrogens with zero attached hydrogens (tertiary/aromatic N) is 1. The van der Waals surface area contributed by atoms with Gasteiger partial charge in [0.2, 0.25) is 6.79 Å². The number of benzene rings is 2. The molecule has 4 rings (SSSR count). The van der Waals surface area contributed by atoms with Gasteiger partial charge in [0, 0.05) is 5.56 Å². The summed E-state index contributed by atoms with van der Waals surface area (Å²) in [6.45, 7) is 0.293. The van der Waals surface area contributed by atoms with Crippen LogP contribution in [0.4, 0.5) is 0 Å². The predicted molar refractivity (Wildman–Crippen MR) is 81.1 cm³/mol. The Balaban J connectivity index is 1.70. The largest absolute Gasteiger partial charge is 0.454 e. The van der Waals surface area contributed by atoms with Crippen molar-refractivity contribution in [2.45, 2.75) is 0 Å². The molecule has 2 aromatic carbocycles. The lowest BCUT2D eigenvalue weighted by atomic mass is 10.2. The SMILES string of the molecule is C(=C\c1cccc2c1OCO2)/c1nc2ccccc2s1. The van der Waals surface area contributed by atoms with E-state index < -0.39 is 0 Å². The van der Waals surface area contributed by atoms with E-state index in [4.69, 9.17) is 9.47 Å². The summed E-state index contributed by atoms with van der Waals surface area (Å²) in [7, 11) is 0. The highest BCUT2D eigenvalue weighted by atomic mass is 32.1. The number of fused-ring (bicyclic) bond motifs is 2. The first-order valence-corrected chi connectivity index (χ1v) is 7.14. The molecule has 3 aromatic rings. The number of hydrogen-bond donors (Lipinski definition) is 0. The van der Waals surface area contributed by atoms with Gasteiger partial charge in [-0.15, -0.1) is 11.3 Å². The first kappa shape index (κ1) is 11.5. The van der Waals surface area contributed by atoms with Crippen molar-refractivity contribution in [1.29, 1.82) is 0 Å². The first-order valence-electron chi connectivity index (χ1n) is 6.32. The minimum absolute atomic E-state index is 0.293. The summed E-state index contributed by atoms with van der Waals surface area (Å²) >= 11 is 1.68. The zero-order valence-electron chi connectivity index (χ0n) is 10.6. The summed E-state index contributed by atoms with van der Waals surface area (Å²) in [6.07, 6.45) is 4.03. The summed E-state index contributed by atoms with van der Waals surface area (Å²) in [5, 5.41) is 0.989. The number of aromatic nitrogens is 1. The van der Waals surface area contributed by atoms with E-state index in [1.165, 1.54) is 4.70 Å². The molecular weight excluding hydrogens is 270 g/mol. The minimum Gasteiger partial charge on any atom is -0.454 e. The van der Waals surface area contributed by atoms with Gasteiger partial charge in [0.1, 0.15) is 5.01 Å². The van der Waals surface area contributed by atoms with Gasteiger partial charge >= 0.3 is 0 Å². The van der Waals surface area contributed by atoms with Crippen LogP contribution in [-0.4, -0.2) is 11.8 Å². The van der Waals surface area contributed by atoms with Gasteiger partial charge in [0.15, 0.2) is 11.5 Å². The molecule has 0 spiro atoms. The molecule has 20 heavy (non-hydrogen) atoms. The molecule has 2 heterocycles. The number of para-hydroxylation sites is 2. The molecular formula is C16H11NO2S. The molecule has 0 saturated heterocycles. The molecule has 0 N–H and O–H groups in total. The van der Waals surface area contributed by atoms with Crippen LogP contribution in [0.15, 0.2) is 42.5 Å². The molecule has 4 heteroatoms. The molecule has 0 unspecified atom stereocenters. The molecule has 1 aliphatic heterocycles. The van der Waals surface area contributed by atoms with E-state index in [1.807, 2.05) is 48.6 Å². The first-order chi connectivity index (χ1) is 9.90. The van der Waals surface area contributed by atoms with Gasteiger partial charge in [-0.2, -0.15) is 0 Å². The molecule has 0 saturated carbocycles. The molecule has 3 nitrogen and oxygen atoms in total. The molecule has 0 bridgehead atoms. The van der Waals surface area contributed by atoms with Crippen molar-refractivity contribution < 1.29 is 9.47 Å². The van der Waals surface area contributed by atoms with Gasteiger partial charge in [-0.25, -0.2) is 4.98 Å². The van der Waals surface area contributed by atoms with Gasteiger partial charge in [-0.1, -0.05) is 24.3 Å². The van der Waals surface area contributed by atoms with E-state index in [-0.39, 0.29) is 0 Å². The molecule has 0 amide bonds. The van der Waals surface area contributed by atoms with Gasteiger partial charge < -0.3 is 9.47 Å². The van der Waals surface area contributed by atoms with E-state index in [0.29, 0.717) is 6.79 Å². The van der Waals surface area contributed by atoms with Crippen molar-refractivity contribution in [2.75, 3.05) is 6.79 Å². The van der Waals surface area contributed by atoms with Crippen molar-refractivity contribution in [2.24, 2.45) is 0 Å². The highest BCUT2D eigenvalue weighted by molar-refractivity contribution is 7.19. The fraction of sp³-hybridized carbons (Fsp3) is 0.0625. The van der Waals surface area contributed by atoms with Gasteiger partial charge in [-0.3, -0.25) is 0 Å². The van der Waals surface area contributed by atoms with Gasteiger partial charge in [0.25, 0.3) is 0 Å². The Morgan fingerprint density at radius 1 is 1.00 bits per heavy atom. The second-order valence-corrected chi connectivity index (χ2v) is 5.50. The van der Waals surface area contributed by atoms with E-state index in [0.717, 1.165) is 27.6 Å². The maximum absolute atomic E-state index is 5.49. The molecule has 0 aliphatic carbocycles. The Bertz CT molecular complexity index is 774. The van der Waals surface area contributed by atoms with Crippen molar-refractivity contribution in [3.63, 3.8) is 0 Å². The maximum atomic E-state index is 5.49. The second kappa shape index (κ2) is 4.65. The third kappa shape index (κ3) is 1.94. The number of hydrogen-bond acceptors (Lipinski definition) is 4. The Labute approximate surface area is 120 Å². The summed E-state index contributed by atoms with van der Waals surface area (Å²) in [5.41, 5.74) is 2.05. The quantitative estimate of drug-likeness (QED) is 0.705. The number of ether oxygens (including phenoxy) is 2. The van der Waals surface area contributed by atoms with E-state index in [2.05, 4.69) is 11.1 Å². The van der Waals surface area contributed by atoms with Crippen LogP contribution in [0.25, 0.3) is 22.4 Å². The molecule has 0 fully saturated rings. The number of rotatable bonds is 2. The van der Waals surface area contributed by atoms with E-state index >= 15 is 0 Å². The highest BCUT2D eigenvalue weighted by Crippen LogP contribution is 2.36. The Kier molecular flexibility index (Phi) is 2.67. The van der Waals surface area contributed by atoms with Crippen molar-refractivity contribution in [1.82, 2.24) is 4.98 Å². The van der Waals surface area contributed by atoms with Crippen LogP contribution in [0.2, 0.25) is 0 Å². The second-order valence-electron chi connectivity index (χ2n) is 4.43. The molecule has 1 aliphatic rings. The molecule has 0 atom stereocenters. The van der Waals surface area contributed by atoms with Crippen LogP contribution < -0.4 is 9.47 Å². The smallest absolute Gasteiger partial charge is 0.231 e. The van der Waals surface area contributed by atoms with Crippen molar-refractivity contribution in [3.8, 4) is 11.5 Å². The maximum Gasteiger partial charge on any atom is 0.231 e.